The monoisotopic (exact) mass is 220 g/mol. The number of nitrogens with zero attached hydrogens (tertiary/aromatic N) is 1. The van der Waals surface area contributed by atoms with Gasteiger partial charge in [0.15, 0.2) is 0 Å². The van der Waals surface area contributed by atoms with Gasteiger partial charge in [-0.1, -0.05) is 30.9 Å². The molecule has 0 aliphatic heterocycles. The number of hydrogen-bond donors (Lipinski definition) is 1. The Kier molecular flexibility index (Phi) is 2.17. The van der Waals surface area contributed by atoms with Gasteiger partial charge in [-0.05, 0) is 24.1 Å². The number of hydrogen-bond acceptors (Lipinski definition) is 1. The molecule has 78 valence electrons. The van der Waals surface area contributed by atoms with Crippen LogP contribution in [-0.4, -0.2) is 9.97 Å². The van der Waals surface area contributed by atoms with Crippen molar-refractivity contribution in [2.45, 2.75) is 25.7 Å². The molecule has 1 saturated carbocycles. The van der Waals surface area contributed by atoms with Crippen molar-refractivity contribution in [2.75, 3.05) is 0 Å². The minimum Gasteiger partial charge on any atom is -0.342 e. The van der Waals surface area contributed by atoms with Crippen molar-refractivity contribution in [2.24, 2.45) is 5.92 Å². The minimum absolute atomic E-state index is 0.765. The topological polar surface area (TPSA) is 28.7 Å². The van der Waals surface area contributed by atoms with Gasteiger partial charge < -0.3 is 4.98 Å². The lowest BCUT2D eigenvalue weighted by Gasteiger charge is -2.23. The summed E-state index contributed by atoms with van der Waals surface area (Å²) in [7, 11) is 0. The Morgan fingerprint density at radius 2 is 2.27 bits per heavy atom. The van der Waals surface area contributed by atoms with Crippen LogP contribution in [0.4, 0.5) is 0 Å². The third-order valence-corrected chi connectivity index (χ3v) is 3.43. The summed E-state index contributed by atoms with van der Waals surface area (Å²) in [6.07, 6.45) is 5.19. The standard InChI is InChI=1S/C12H13ClN2/c13-9-4-5-10-11(7-9)15-12(14-10)6-8-2-1-3-8/h4-5,7-8H,1-3,6H2,(H,14,15). The first kappa shape index (κ1) is 9.22. The molecule has 0 bridgehead atoms. The molecule has 1 aliphatic carbocycles. The fourth-order valence-electron chi connectivity index (χ4n) is 2.10. The number of benzene rings is 1. The van der Waals surface area contributed by atoms with Crippen LogP contribution < -0.4 is 0 Å². The second-order valence-electron chi connectivity index (χ2n) is 4.35. The van der Waals surface area contributed by atoms with Gasteiger partial charge in [-0.2, -0.15) is 0 Å². The molecule has 2 aromatic rings. The quantitative estimate of drug-likeness (QED) is 0.824. The van der Waals surface area contributed by atoms with E-state index in [9.17, 15) is 0 Å². The average Bonchev–Trinajstić information content (AvgIpc) is 2.53. The van der Waals surface area contributed by atoms with E-state index < -0.39 is 0 Å². The zero-order valence-corrected chi connectivity index (χ0v) is 9.22. The Balaban J connectivity index is 1.91. The Hall–Kier alpha value is -1.02. The van der Waals surface area contributed by atoms with Crippen molar-refractivity contribution < 1.29 is 0 Å². The van der Waals surface area contributed by atoms with Crippen molar-refractivity contribution in [1.29, 1.82) is 0 Å². The molecule has 1 fully saturated rings. The molecule has 3 rings (SSSR count). The van der Waals surface area contributed by atoms with Crippen LogP contribution in [0.25, 0.3) is 11.0 Å². The van der Waals surface area contributed by atoms with Crippen LogP contribution in [0.2, 0.25) is 5.02 Å². The Morgan fingerprint density at radius 3 is 3.00 bits per heavy atom. The molecule has 1 heterocycles. The molecule has 1 N–H and O–H groups in total. The fourth-order valence-corrected chi connectivity index (χ4v) is 2.27. The number of fused-ring (bicyclic) bond motifs is 1. The number of imidazole rings is 1. The molecule has 0 radical (unpaired) electrons. The van der Waals surface area contributed by atoms with E-state index in [4.69, 9.17) is 11.6 Å². The molecule has 0 spiro atoms. The van der Waals surface area contributed by atoms with E-state index in [-0.39, 0.29) is 0 Å². The van der Waals surface area contributed by atoms with E-state index in [0.717, 1.165) is 34.2 Å². The van der Waals surface area contributed by atoms with E-state index in [1.807, 2.05) is 18.2 Å². The first-order chi connectivity index (χ1) is 7.31. The molecular formula is C12H13ClN2. The van der Waals surface area contributed by atoms with Crippen LogP contribution in [0.5, 0.6) is 0 Å². The molecule has 0 unspecified atom stereocenters. The Labute approximate surface area is 93.7 Å². The van der Waals surface area contributed by atoms with Gasteiger partial charge in [0.1, 0.15) is 5.82 Å². The van der Waals surface area contributed by atoms with Gasteiger partial charge in [0, 0.05) is 11.4 Å². The molecule has 1 aromatic carbocycles. The molecule has 2 nitrogen and oxygen atoms in total. The van der Waals surface area contributed by atoms with Gasteiger partial charge in [-0.15, -0.1) is 0 Å². The maximum absolute atomic E-state index is 5.92. The number of nitrogens with one attached hydrogen (secondary N) is 1. The number of halogens is 1. The first-order valence-corrected chi connectivity index (χ1v) is 5.83. The van der Waals surface area contributed by atoms with E-state index >= 15 is 0 Å². The highest BCUT2D eigenvalue weighted by molar-refractivity contribution is 6.31. The summed E-state index contributed by atoms with van der Waals surface area (Å²) in [5, 5.41) is 0.765. The highest BCUT2D eigenvalue weighted by Gasteiger charge is 2.19. The summed E-state index contributed by atoms with van der Waals surface area (Å²) in [6, 6.07) is 5.80. The average molecular weight is 221 g/mol. The smallest absolute Gasteiger partial charge is 0.107 e. The number of rotatable bonds is 2. The van der Waals surface area contributed by atoms with Crippen LogP contribution in [0.15, 0.2) is 18.2 Å². The van der Waals surface area contributed by atoms with Crippen molar-refractivity contribution in [3.63, 3.8) is 0 Å². The van der Waals surface area contributed by atoms with Gasteiger partial charge in [0.2, 0.25) is 0 Å². The summed E-state index contributed by atoms with van der Waals surface area (Å²) in [6.45, 7) is 0. The molecule has 15 heavy (non-hydrogen) atoms. The van der Waals surface area contributed by atoms with E-state index in [2.05, 4.69) is 9.97 Å². The summed E-state index contributed by atoms with van der Waals surface area (Å²) >= 11 is 5.92. The van der Waals surface area contributed by atoms with Crippen LogP contribution >= 0.6 is 11.6 Å². The van der Waals surface area contributed by atoms with E-state index in [0.29, 0.717) is 0 Å². The summed E-state index contributed by atoms with van der Waals surface area (Å²) in [5.41, 5.74) is 2.07. The molecule has 0 atom stereocenters. The van der Waals surface area contributed by atoms with Gasteiger partial charge in [0.25, 0.3) is 0 Å². The fraction of sp³-hybridized carbons (Fsp3) is 0.417. The normalized spacial score (nSPS) is 16.9. The van der Waals surface area contributed by atoms with Crippen LogP contribution in [-0.2, 0) is 6.42 Å². The second kappa shape index (κ2) is 3.53. The molecule has 0 amide bonds. The predicted molar refractivity (Wildman–Crippen MR) is 62.1 cm³/mol. The third-order valence-electron chi connectivity index (χ3n) is 3.20. The number of aromatic amines is 1. The van der Waals surface area contributed by atoms with Crippen molar-refractivity contribution in [3.05, 3.63) is 29.0 Å². The minimum atomic E-state index is 0.765. The van der Waals surface area contributed by atoms with Gasteiger partial charge in [0.05, 0.1) is 11.0 Å². The summed E-state index contributed by atoms with van der Waals surface area (Å²) in [4.78, 5) is 7.90. The molecule has 1 aromatic heterocycles. The SMILES string of the molecule is Clc1ccc2nc(CC3CCC3)[nH]c2c1. The zero-order valence-electron chi connectivity index (χ0n) is 8.46. The maximum atomic E-state index is 5.92. The Morgan fingerprint density at radius 1 is 1.40 bits per heavy atom. The lowest BCUT2D eigenvalue weighted by atomic mass is 9.83. The largest absolute Gasteiger partial charge is 0.342 e. The van der Waals surface area contributed by atoms with Gasteiger partial charge in [-0.25, -0.2) is 4.98 Å². The molecule has 1 aliphatic rings. The van der Waals surface area contributed by atoms with E-state index in [1.54, 1.807) is 0 Å². The third kappa shape index (κ3) is 1.74. The van der Waals surface area contributed by atoms with Crippen LogP contribution in [0, 0.1) is 5.92 Å². The molecule has 0 saturated heterocycles. The Bertz CT molecular complexity index is 485. The van der Waals surface area contributed by atoms with Crippen molar-refractivity contribution in [3.8, 4) is 0 Å². The summed E-state index contributed by atoms with van der Waals surface area (Å²) in [5.74, 6) is 1.96. The highest BCUT2D eigenvalue weighted by Crippen LogP contribution is 2.29. The van der Waals surface area contributed by atoms with Crippen LogP contribution in [0.3, 0.4) is 0 Å². The lowest BCUT2D eigenvalue weighted by Crippen LogP contribution is -2.14. The lowest BCUT2D eigenvalue weighted by molar-refractivity contribution is 0.310. The number of aromatic nitrogens is 2. The second-order valence-corrected chi connectivity index (χ2v) is 4.78. The van der Waals surface area contributed by atoms with Gasteiger partial charge in [-0.3, -0.25) is 0 Å². The van der Waals surface area contributed by atoms with Crippen LogP contribution in [0.1, 0.15) is 25.1 Å². The summed E-state index contributed by atoms with van der Waals surface area (Å²) < 4.78 is 0. The highest BCUT2D eigenvalue weighted by atomic mass is 35.5. The number of H-pyrrole nitrogens is 1. The molecular weight excluding hydrogens is 208 g/mol. The van der Waals surface area contributed by atoms with Crippen molar-refractivity contribution >= 4 is 22.6 Å². The van der Waals surface area contributed by atoms with Crippen molar-refractivity contribution in [1.82, 2.24) is 9.97 Å². The molecule has 3 heteroatoms. The maximum Gasteiger partial charge on any atom is 0.107 e. The van der Waals surface area contributed by atoms with E-state index in [1.165, 1.54) is 19.3 Å². The zero-order chi connectivity index (χ0) is 10.3. The first-order valence-electron chi connectivity index (χ1n) is 5.45. The predicted octanol–water partition coefficient (Wildman–Crippen LogP) is 3.56. The van der Waals surface area contributed by atoms with Gasteiger partial charge >= 0.3 is 0 Å².